The van der Waals surface area contributed by atoms with Crippen LogP contribution in [0.25, 0.3) is 11.4 Å². The Bertz CT molecular complexity index is 890. The SMILES string of the molecule is CCn1c(Sc2nc(C(C)C)nc(N(C)C)n2)nnc1-c1ccc(C)cc1. The van der Waals surface area contributed by atoms with Gasteiger partial charge in [0, 0.05) is 32.1 Å². The molecule has 0 bridgehead atoms. The lowest BCUT2D eigenvalue weighted by atomic mass is 10.1. The van der Waals surface area contributed by atoms with Gasteiger partial charge < -0.3 is 9.47 Å². The summed E-state index contributed by atoms with van der Waals surface area (Å²) in [5.41, 5.74) is 2.27. The summed E-state index contributed by atoms with van der Waals surface area (Å²) >= 11 is 1.42. The second kappa shape index (κ2) is 8.04. The van der Waals surface area contributed by atoms with Gasteiger partial charge in [-0.25, -0.2) is 4.98 Å². The van der Waals surface area contributed by atoms with Gasteiger partial charge >= 0.3 is 0 Å². The molecule has 3 rings (SSSR count). The van der Waals surface area contributed by atoms with Crippen LogP contribution in [0.15, 0.2) is 34.6 Å². The van der Waals surface area contributed by atoms with Gasteiger partial charge in [-0.15, -0.1) is 10.2 Å². The van der Waals surface area contributed by atoms with Crippen molar-refractivity contribution in [3.05, 3.63) is 35.7 Å². The Morgan fingerprint density at radius 2 is 1.74 bits per heavy atom. The van der Waals surface area contributed by atoms with Crippen LogP contribution in [-0.4, -0.2) is 43.8 Å². The topological polar surface area (TPSA) is 72.6 Å². The monoisotopic (exact) mass is 383 g/mol. The minimum atomic E-state index is 0.221. The number of aryl methyl sites for hydroxylation is 1. The highest BCUT2D eigenvalue weighted by molar-refractivity contribution is 7.99. The van der Waals surface area contributed by atoms with Crippen LogP contribution in [0.4, 0.5) is 5.95 Å². The highest BCUT2D eigenvalue weighted by Crippen LogP contribution is 2.29. The number of anilines is 1. The zero-order chi connectivity index (χ0) is 19.6. The summed E-state index contributed by atoms with van der Waals surface area (Å²) < 4.78 is 2.09. The maximum absolute atomic E-state index is 4.61. The van der Waals surface area contributed by atoms with E-state index in [0.717, 1.165) is 28.9 Å². The van der Waals surface area contributed by atoms with E-state index in [1.807, 2.05) is 19.0 Å². The molecule has 0 saturated heterocycles. The molecule has 1 aromatic carbocycles. The Morgan fingerprint density at radius 3 is 2.33 bits per heavy atom. The molecule has 142 valence electrons. The van der Waals surface area contributed by atoms with Crippen molar-refractivity contribution in [3.8, 4) is 11.4 Å². The molecule has 0 aliphatic carbocycles. The zero-order valence-electron chi connectivity index (χ0n) is 16.6. The van der Waals surface area contributed by atoms with Gasteiger partial charge in [-0.2, -0.15) is 9.97 Å². The van der Waals surface area contributed by atoms with Gasteiger partial charge in [-0.1, -0.05) is 43.7 Å². The van der Waals surface area contributed by atoms with E-state index >= 15 is 0 Å². The van der Waals surface area contributed by atoms with Crippen molar-refractivity contribution < 1.29 is 0 Å². The lowest BCUT2D eigenvalue weighted by Gasteiger charge is -2.14. The molecule has 8 heteroatoms. The van der Waals surface area contributed by atoms with Gasteiger partial charge in [-0.3, -0.25) is 0 Å². The van der Waals surface area contributed by atoms with Crippen LogP contribution in [0, 0.1) is 6.92 Å². The summed E-state index contributed by atoms with van der Waals surface area (Å²) in [4.78, 5) is 15.6. The van der Waals surface area contributed by atoms with Crippen LogP contribution in [0.1, 0.15) is 38.1 Å². The first-order valence-corrected chi connectivity index (χ1v) is 9.82. The summed E-state index contributed by atoms with van der Waals surface area (Å²) in [5, 5.41) is 10.2. The summed E-state index contributed by atoms with van der Waals surface area (Å²) in [7, 11) is 3.86. The maximum Gasteiger partial charge on any atom is 0.229 e. The predicted molar refractivity (Wildman–Crippen MR) is 108 cm³/mol. The number of hydrogen-bond acceptors (Lipinski definition) is 7. The van der Waals surface area contributed by atoms with E-state index in [1.165, 1.54) is 17.3 Å². The predicted octanol–water partition coefficient (Wildman–Crippen LogP) is 3.80. The van der Waals surface area contributed by atoms with Crippen molar-refractivity contribution in [3.63, 3.8) is 0 Å². The fourth-order valence-electron chi connectivity index (χ4n) is 2.51. The van der Waals surface area contributed by atoms with Gasteiger partial charge in [0.15, 0.2) is 11.0 Å². The van der Waals surface area contributed by atoms with Crippen LogP contribution >= 0.6 is 11.8 Å². The average molecular weight is 384 g/mol. The zero-order valence-corrected chi connectivity index (χ0v) is 17.4. The van der Waals surface area contributed by atoms with E-state index in [4.69, 9.17) is 0 Å². The van der Waals surface area contributed by atoms with E-state index in [-0.39, 0.29) is 5.92 Å². The van der Waals surface area contributed by atoms with E-state index in [1.54, 1.807) is 0 Å². The Balaban J connectivity index is 1.97. The molecule has 0 saturated carbocycles. The van der Waals surface area contributed by atoms with Crippen molar-refractivity contribution in [1.82, 2.24) is 29.7 Å². The summed E-state index contributed by atoms with van der Waals surface area (Å²) in [6.07, 6.45) is 0. The first-order chi connectivity index (χ1) is 12.9. The van der Waals surface area contributed by atoms with Crippen molar-refractivity contribution in [2.75, 3.05) is 19.0 Å². The molecule has 7 nitrogen and oxygen atoms in total. The van der Waals surface area contributed by atoms with E-state index in [0.29, 0.717) is 11.1 Å². The first kappa shape index (κ1) is 19.3. The highest BCUT2D eigenvalue weighted by atomic mass is 32.2. The second-order valence-electron chi connectivity index (χ2n) is 6.84. The Labute approximate surface area is 164 Å². The summed E-state index contributed by atoms with van der Waals surface area (Å²) in [6.45, 7) is 9.08. The Hall–Kier alpha value is -2.48. The van der Waals surface area contributed by atoms with E-state index in [9.17, 15) is 0 Å². The standard InChI is InChI=1S/C19H25N7S/c1-7-26-16(14-10-8-13(4)9-11-14)23-24-19(26)27-18-21-15(12(2)3)20-17(22-18)25(5)6/h8-12H,7H2,1-6H3. The average Bonchev–Trinajstić information content (AvgIpc) is 3.04. The molecule has 0 spiro atoms. The van der Waals surface area contributed by atoms with Crippen LogP contribution in [0.2, 0.25) is 0 Å². The smallest absolute Gasteiger partial charge is 0.229 e. The van der Waals surface area contributed by atoms with Crippen molar-refractivity contribution in [2.24, 2.45) is 0 Å². The Morgan fingerprint density at radius 1 is 1.04 bits per heavy atom. The number of benzene rings is 1. The molecule has 0 unspecified atom stereocenters. The number of nitrogens with zero attached hydrogens (tertiary/aromatic N) is 7. The second-order valence-corrected chi connectivity index (χ2v) is 7.78. The van der Waals surface area contributed by atoms with Crippen LogP contribution in [0.3, 0.4) is 0 Å². The van der Waals surface area contributed by atoms with E-state index < -0.39 is 0 Å². The molecule has 0 aliphatic heterocycles. The van der Waals surface area contributed by atoms with Crippen LogP contribution in [-0.2, 0) is 6.54 Å². The normalized spacial score (nSPS) is 11.2. The highest BCUT2D eigenvalue weighted by Gasteiger charge is 2.17. The summed E-state index contributed by atoms with van der Waals surface area (Å²) in [6, 6.07) is 8.32. The molecule has 0 amide bonds. The molecule has 0 aliphatic rings. The molecule has 27 heavy (non-hydrogen) atoms. The minimum Gasteiger partial charge on any atom is -0.347 e. The van der Waals surface area contributed by atoms with Crippen molar-refractivity contribution in [1.29, 1.82) is 0 Å². The van der Waals surface area contributed by atoms with Gasteiger partial charge in [-0.05, 0) is 25.6 Å². The lowest BCUT2D eigenvalue weighted by molar-refractivity contribution is 0.680. The van der Waals surface area contributed by atoms with Crippen LogP contribution in [0.5, 0.6) is 0 Å². The largest absolute Gasteiger partial charge is 0.347 e. The minimum absolute atomic E-state index is 0.221. The molecule has 3 aromatic rings. The summed E-state index contributed by atoms with van der Waals surface area (Å²) in [5.74, 6) is 2.50. The molecule has 0 N–H and O–H groups in total. The van der Waals surface area contributed by atoms with Crippen LogP contribution < -0.4 is 4.90 Å². The third-order valence-electron chi connectivity index (χ3n) is 4.06. The number of rotatable bonds is 6. The molecule has 2 heterocycles. The van der Waals surface area contributed by atoms with Gasteiger partial charge in [0.25, 0.3) is 0 Å². The Kier molecular flexibility index (Phi) is 5.74. The fraction of sp³-hybridized carbons (Fsp3) is 0.421. The molecule has 2 aromatic heterocycles. The van der Waals surface area contributed by atoms with Gasteiger partial charge in [0.1, 0.15) is 5.82 Å². The van der Waals surface area contributed by atoms with Gasteiger partial charge in [0.05, 0.1) is 0 Å². The van der Waals surface area contributed by atoms with E-state index in [2.05, 4.69) is 81.7 Å². The quantitative estimate of drug-likeness (QED) is 0.641. The molecule has 0 atom stereocenters. The molecular formula is C19H25N7S. The maximum atomic E-state index is 4.61. The number of hydrogen-bond donors (Lipinski definition) is 0. The van der Waals surface area contributed by atoms with Gasteiger partial charge in [0.2, 0.25) is 11.1 Å². The molecule has 0 fully saturated rings. The number of aromatic nitrogens is 6. The van der Waals surface area contributed by atoms with Crippen molar-refractivity contribution in [2.45, 2.75) is 50.5 Å². The lowest BCUT2D eigenvalue weighted by Crippen LogP contribution is -2.16. The fourth-order valence-corrected chi connectivity index (χ4v) is 3.35. The third kappa shape index (κ3) is 4.27. The molecular weight excluding hydrogens is 358 g/mol. The first-order valence-electron chi connectivity index (χ1n) is 9.00. The third-order valence-corrected chi connectivity index (χ3v) is 4.91. The molecule has 0 radical (unpaired) electrons. The van der Waals surface area contributed by atoms with Crippen molar-refractivity contribution >= 4 is 17.7 Å².